The minimum Gasteiger partial charge on any atom is -0.380 e. The fraction of sp³-hybridized carbons (Fsp3) is 0.235. The summed E-state index contributed by atoms with van der Waals surface area (Å²) in [6.45, 7) is 0. The highest BCUT2D eigenvalue weighted by Gasteiger charge is 2.48. The van der Waals surface area contributed by atoms with Crippen LogP contribution < -0.4 is 5.32 Å². The zero-order chi connectivity index (χ0) is 19.2. The molecule has 0 aliphatic rings. The van der Waals surface area contributed by atoms with Gasteiger partial charge >= 0.3 is 5.51 Å². The monoisotopic (exact) mass is 403 g/mol. The van der Waals surface area contributed by atoms with Crippen LogP contribution in [0.3, 0.4) is 0 Å². The van der Waals surface area contributed by atoms with Crippen molar-refractivity contribution < 1.29 is 26.4 Å². The molecule has 0 spiro atoms. The molecule has 0 fully saturated rings. The lowest BCUT2D eigenvalue weighted by Gasteiger charge is -2.20. The third-order valence-electron chi connectivity index (χ3n) is 3.42. The molecule has 1 atom stereocenters. The molecule has 140 valence electrons. The molecule has 0 radical (unpaired) electrons. The Morgan fingerprint density at radius 3 is 2.27 bits per heavy atom. The van der Waals surface area contributed by atoms with Crippen molar-refractivity contribution >= 4 is 33.6 Å². The van der Waals surface area contributed by atoms with E-state index in [4.69, 9.17) is 0 Å². The van der Waals surface area contributed by atoms with Gasteiger partial charge in [-0.05, 0) is 24.3 Å². The second-order valence-corrected chi connectivity index (χ2v) is 8.32. The van der Waals surface area contributed by atoms with Gasteiger partial charge in [0.05, 0.1) is 10.6 Å². The largest absolute Gasteiger partial charge is 0.501 e. The summed E-state index contributed by atoms with van der Waals surface area (Å²) in [6.07, 6.45) is 0.671. The molecule has 26 heavy (non-hydrogen) atoms. The number of hydrogen-bond donors (Lipinski definition) is 1. The summed E-state index contributed by atoms with van der Waals surface area (Å²) in [5.41, 5.74) is -5.57. The molecule has 2 aromatic carbocycles. The van der Waals surface area contributed by atoms with E-state index in [1.807, 2.05) is 30.3 Å². The van der Waals surface area contributed by atoms with E-state index >= 15 is 0 Å². The molecule has 1 N–H and O–H groups in total. The van der Waals surface area contributed by atoms with Gasteiger partial charge in [-0.1, -0.05) is 30.3 Å². The third-order valence-corrected chi connectivity index (χ3v) is 6.14. The average Bonchev–Trinajstić information content (AvgIpc) is 2.60. The van der Waals surface area contributed by atoms with Crippen molar-refractivity contribution in [2.24, 2.45) is 0 Å². The van der Waals surface area contributed by atoms with Gasteiger partial charge in [0.1, 0.15) is 6.29 Å². The lowest BCUT2D eigenvalue weighted by molar-refractivity contribution is -0.107. The zero-order valence-corrected chi connectivity index (χ0v) is 15.1. The molecule has 0 amide bonds. The van der Waals surface area contributed by atoms with Gasteiger partial charge in [0, 0.05) is 23.1 Å². The second kappa shape index (κ2) is 8.59. The summed E-state index contributed by atoms with van der Waals surface area (Å²) < 4.78 is 62.1. The molecule has 2 rings (SSSR count). The topological polar surface area (TPSA) is 63.2 Å². The molecular formula is C17H16F3NO3S2. The highest BCUT2D eigenvalue weighted by Crippen LogP contribution is 2.34. The van der Waals surface area contributed by atoms with Crippen LogP contribution in [-0.2, 0) is 14.6 Å². The van der Waals surface area contributed by atoms with Crippen molar-refractivity contribution in [2.75, 3.05) is 11.1 Å². The first-order valence-corrected chi connectivity index (χ1v) is 10.0. The van der Waals surface area contributed by atoms with Gasteiger partial charge in [-0.3, -0.25) is 0 Å². The first-order chi connectivity index (χ1) is 12.3. The number of sulfone groups is 1. The normalized spacial score (nSPS) is 13.2. The number of hydrogen-bond acceptors (Lipinski definition) is 5. The number of nitrogens with one attached hydrogen (secondary N) is 1. The Kier molecular flexibility index (Phi) is 6.71. The van der Waals surface area contributed by atoms with Crippen LogP contribution >= 0.6 is 11.8 Å². The average molecular weight is 403 g/mol. The number of rotatable bonds is 8. The maximum absolute atomic E-state index is 12.9. The molecule has 0 unspecified atom stereocenters. The van der Waals surface area contributed by atoms with Gasteiger partial charge in [-0.25, -0.2) is 8.42 Å². The van der Waals surface area contributed by atoms with Gasteiger partial charge in [0.2, 0.25) is 0 Å². The molecule has 2 aromatic rings. The van der Waals surface area contributed by atoms with E-state index < -0.39 is 26.3 Å². The first-order valence-electron chi connectivity index (χ1n) is 7.54. The van der Waals surface area contributed by atoms with Crippen LogP contribution in [0, 0.1) is 0 Å². The molecule has 0 saturated carbocycles. The lowest BCUT2D eigenvalue weighted by atomic mass is 10.2. The van der Waals surface area contributed by atoms with E-state index in [1.54, 1.807) is 0 Å². The molecule has 0 bridgehead atoms. The van der Waals surface area contributed by atoms with E-state index in [-0.39, 0.29) is 12.1 Å². The van der Waals surface area contributed by atoms with Crippen LogP contribution in [0.25, 0.3) is 0 Å². The van der Waals surface area contributed by atoms with Crippen LogP contribution in [-0.4, -0.2) is 32.0 Å². The summed E-state index contributed by atoms with van der Waals surface area (Å²) in [6, 6.07) is 13.5. The van der Waals surface area contributed by atoms with Crippen LogP contribution in [0.2, 0.25) is 0 Å². The predicted octanol–water partition coefficient (Wildman–Crippen LogP) is 4.14. The van der Waals surface area contributed by atoms with E-state index in [0.29, 0.717) is 12.0 Å². The van der Waals surface area contributed by atoms with Gasteiger partial charge < -0.3 is 10.1 Å². The summed E-state index contributed by atoms with van der Waals surface area (Å²) in [5, 5.41) is 2.77. The van der Waals surface area contributed by atoms with Crippen LogP contribution in [0.5, 0.6) is 0 Å². The highest BCUT2D eigenvalue weighted by molar-refractivity contribution is 7.99. The van der Waals surface area contributed by atoms with Crippen LogP contribution in [0.15, 0.2) is 64.4 Å². The van der Waals surface area contributed by atoms with E-state index in [9.17, 15) is 26.4 Å². The fourth-order valence-corrected chi connectivity index (χ4v) is 4.05. The van der Waals surface area contributed by atoms with Gasteiger partial charge in [-0.2, -0.15) is 13.2 Å². The first kappa shape index (κ1) is 20.3. The quantitative estimate of drug-likeness (QED) is 0.530. The Bertz CT molecular complexity index is 840. The van der Waals surface area contributed by atoms with E-state index in [0.717, 1.165) is 11.0 Å². The van der Waals surface area contributed by atoms with Crippen molar-refractivity contribution in [3.05, 3.63) is 54.6 Å². The minimum absolute atomic E-state index is 0.0280. The molecular weight excluding hydrogens is 387 g/mol. The van der Waals surface area contributed by atoms with Crippen molar-refractivity contribution in [1.82, 2.24) is 0 Å². The number of anilines is 1. The standard InChI is InChI=1S/C17H16F3NO3S2/c18-17(19,20)26(23,24)16-9-5-4-8-15(16)21-13(10-11-22)12-25-14-6-2-1-3-7-14/h1-9,11,13,21H,10,12H2/t13-/m1/s1. The van der Waals surface area contributed by atoms with Crippen molar-refractivity contribution in [2.45, 2.75) is 27.8 Å². The number of benzene rings is 2. The molecule has 4 nitrogen and oxygen atoms in total. The maximum Gasteiger partial charge on any atom is 0.501 e. The summed E-state index contributed by atoms with van der Waals surface area (Å²) in [4.78, 5) is 11.0. The van der Waals surface area contributed by atoms with E-state index in [1.165, 1.54) is 30.0 Å². The molecule has 0 aliphatic heterocycles. The maximum atomic E-state index is 12.9. The number of aldehydes is 1. The molecule has 0 aliphatic carbocycles. The van der Waals surface area contributed by atoms with Gasteiger partial charge in [0.15, 0.2) is 0 Å². The smallest absolute Gasteiger partial charge is 0.380 e. The summed E-state index contributed by atoms with van der Waals surface area (Å²) >= 11 is 1.41. The molecule has 0 aromatic heterocycles. The van der Waals surface area contributed by atoms with Crippen LogP contribution in [0.1, 0.15) is 6.42 Å². The number of para-hydroxylation sites is 1. The minimum atomic E-state index is -5.49. The Labute approximate surface area is 153 Å². The number of carbonyl (C=O) groups is 1. The van der Waals surface area contributed by atoms with Crippen molar-refractivity contribution in [1.29, 1.82) is 0 Å². The lowest BCUT2D eigenvalue weighted by Crippen LogP contribution is -2.27. The zero-order valence-electron chi connectivity index (χ0n) is 13.4. The summed E-state index contributed by atoms with van der Waals surface area (Å²) in [7, 11) is -5.49. The number of thioether (sulfide) groups is 1. The fourth-order valence-electron chi connectivity index (χ4n) is 2.16. The van der Waals surface area contributed by atoms with Gasteiger partial charge in [0.25, 0.3) is 9.84 Å². The second-order valence-electron chi connectivity index (χ2n) is 5.31. The Balaban J connectivity index is 2.23. The van der Waals surface area contributed by atoms with E-state index in [2.05, 4.69) is 5.32 Å². The number of halogens is 3. The van der Waals surface area contributed by atoms with Crippen molar-refractivity contribution in [3.8, 4) is 0 Å². The van der Waals surface area contributed by atoms with Gasteiger partial charge in [-0.15, -0.1) is 11.8 Å². The van der Waals surface area contributed by atoms with Crippen LogP contribution in [0.4, 0.5) is 18.9 Å². The Morgan fingerprint density at radius 1 is 1.04 bits per heavy atom. The third kappa shape index (κ3) is 5.01. The summed E-state index contributed by atoms with van der Waals surface area (Å²) in [5.74, 6) is 0.378. The highest BCUT2D eigenvalue weighted by atomic mass is 32.2. The molecule has 0 saturated heterocycles. The predicted molar refractivity (Wildman–Crippen MR) is 94.9 cm³/mol. The number of carbonyl (C=O) groups excluding carboxylic acids is 1. The molecule has 9 heteroatoms. The Hall–Kier alpha value is -2.00. The SMILES string of the molecule is O=CC[C@H](CSc1ccccc1)Nc1ccccc1S(=O)(=O)C(F)(F)F. The number of alkyl halides is 3. The molecule has 0 heterocycles. The Morgan fingerprint density at radius 2 is 1.65 bits per heavy atom. The van der Waals surface area contributed by atoms with Crippen molar-refractivity contribution in [3.63, 3.8) is 0 Å².